The molecule has 0 aliphatic rings. The number of benzene rings is 2. The molecule has 0 aliphatic carbocycles. The van der Waals surface area contributed by atoms with Crippen LogP contribution in [0.2, 0.25) is 10.0 Å². The Morgan fingerprint density at radius 1 is 0.952 bits per heavy atom. The Labute approximate surface area is 143 Å². The molecule has 1 N–H and O–H groups in total. The first kappa shape index (κ1) is 18.3. The van der Waals surface area contributed by atoms with Gasteiger partial charge < -0.3 is 5.32 Å². The minimum absolute atomic E-state index is 0. The summed E-state index contributed by atoms with van der Waals surface area (Å²) in [6, 6.07) is 16.4. The fourth-order valence-electron chi connectivity index (χ4n) is 2.29. The van der Waals surface area contributed by atoms with Gasteiger partial charge in [-0.05, 0) is 24.1 Å². The highest BCUT2D eigenvalue weighted by molar-refractivity contribution is 6.35. The van der Waals surface area contributed by atoms with Crippen LogP contribution >= 0.6 is 35.6 Å². The third-order valence-corrected chi connectivity index (χ3v) is 4.07. The Bertz CT molecular complexity index is 523. The normalized spacial score (nSPS) is 11.8. The summed E-state index contributed by atoms with van der Waals surface area (Å²) in [4.78, 5) is 0. The fourth-order valence-corrected chi connectivity index (χ4v) is 2.82. The number of hydrogen-bond acceptors (Lipinski definition) is 1. The molecule has 1 atom stereocenters. The van der Waals surface area contributed by atoms with E-state index in [4.69, 9.17) is 23.2 Å². The zero-order chi connectivity index (χ0) is 14.4. The molecule has 114 valence electrons. The van der Waals surface area contributed by atoms with Crippen LogP contribution in [-0.4, -0.2) is 0 Å². The Kier molecular flexibility index (Phi) is 8.13. The minimum atomic E-state index is 0. The molecular formula is C17H20Cl3N. The Morgan fingerprint density at radius 3 is 2.14 bits per heavy atom. The molecule has 0 fully saturated rings. The van der Waals surface area contributed by atoms with Crippen molar-refractivity contribution in [2.75, 3.05) is 0 Å². The molecule has 4 heteroatoms. The van der Waals surface area contributed by atoms with E-state index in [9.17, 15) is 0 Å². The minimum Gasteiger partial charge on any atom is -0.306 e. The average molecular weight is 345 g/mol. The lowest BCUT2D eigenvalue weighted by molar-refractivity contribution is 0.493. The van der Waals surface area contributed by atoms with Crippen LogP contribution in [0.15, 0.2) is 48.5 Å². The summed E-state index contributed by atoms with van der Waals surface area (Å²) in [5, 5.41) is 5.00. The van der Waals surface area contributed by atoms with Crippen LogP contribution in [0, 0.1) is 0 Å². The summed E-state index contributed by atoms with van der Waals surface area (Å²) in [7, 11) is 0. The third kappa shape index (κ3) is 5.19. The first-order valence-corrected chi connectivity index (χ1v) is 7.69. The summed E-state index contributed by atoms with van der Waals surface area (Å²) >= 11 is 12.4. The van der Waals surface area contributed by atoms with Crippen LogP contribution in [0.1, 0.15) is 36.9 Å². The van der Waals surface area contributed by atoms with E-state index < -0.39 is 0 Å². The molecule has 2 aromatic carbocycles. The molecule has 0 saturated carbocycles. The summed E-state index contributed by atoms with van der Waals surface area (Å²) in [6.45, 7) is 2.87. The second-order valence-corrected chi connectivity index (χ2v) is 5.65. The van der Waals surface area contributed by atoms with Crippen molar-refractivity contribution >= 4 is 35.6 Å². The molecule has 0 amide bonds. The topological polar surface area (TPSA) is 12.0 Å². The molecule has 21 heavy (non-hydrogen) atoms. The Balaban J connectivity index is 0.00000220. The van der Waals surface area contributed by atoms with E-state index in [0.717, 1.165) is 18.4 Å². The molecule has 0 bridgehead atoms. The van der Waals surface area contributed by atoms with Gasteiger partial charge in [-0.15, -0.1) is 12.4 Å². The van der Waals surface area contributed by atoms with Gasteiger partial charge in [0.1, 0.15) is 0 Å². The molecule has 1 unspecified atom stereocenters. The Hall–Kier alpha value is -0.730. The van der Waals surface area contributed by atoms with Gasteiger partial charge in [-0.2, -0.15) is 0 Å². The maximum Gasteiger partial charge on any atom is 0.0465 e. The van der Waals surface area contributed by atoms with Crippen LogP contribution in [-0.2, 0) is 6.54 Å². The van der Waals surface area contributed by atoms with E-state index in [-0.39, 0.29) is 12.4 Å². The van der Waals surface area contributed by atoms with E-state index in [1.54, 1.807) is 0 Å². The lowest BCUT2D eigenvalue weighted by atomic mass is 10.0. The Morgan fingerprint density at radius 2 is 1.57 bits per heavy atom. The second-order valence-electron chi connectivity index (χ2n) is 4.83. The van der Waals surface area contributed by atoms with Crippen LogP contribution < -0.4 is 5.32 Å². The van der Waals surface area contributed by atoms with Gasteiger partial charge in [-0.25, -0.2) is 0 Å². The van der Waals surface area contributed by atoms with Gasteiger partial charge in [-0.3, -0.25) is 0 Å². The summed E-state index contributed by atoms with van der Waals surface area (Å²) in [5.41, 5.74) is 2.27. The largest absolute Gasteiger partial charge is 0.306 e. The molecule has 0 spiro atoms. The molecule has 1 nitrogen and oxygen atoms in total. The highest BCUT2D eigenvalue weighted by atomic mass is 35.5. The SMILES string of the molecule is CCCC(NCc1c(Cl)cccc1Cl)c1ccccc1.Cl. The summed E-state index contributed by atoms with van der Waals surface area (Å²) in [6.07, 6.45) is 2.22. The van der Waals surface area contributed by atoms with E-state index in [0.29, 0.717) is 22.6 Å². The molecule has 0 aliphatic heterocycles. The molecule has 0 heterocycles. The van der Waals surface area contributed by atoms with Crippen molar-refractivity contribution in [3.63, 3.8) is 0 Å². The zero-order valence-electron chi connectivity index (χ0n) is 12.0. The van der Waals surface area contributed by atoms with Crippen molar-refractivity contribution in [1.82, 2.24) is 5.32 Å². The van der Waals surface area contributed by atoms with Gasteiger partial charge in [-0.1, -0.05) is 72.9 Å². The second kappa shape index (κ2) is 9.32. The maximum atomic E-state index is 6.21. The van der Waals surface area contributed by atoms with Crippen molar-refractivity contribution in [2.24, 2.45) is 0 Å². The molecular weight excluding hydrogens is 325 g/mol. The summed E-state index contributed by atoms with van der Waals surface area (Å²) < 4.78 is 0. The molecule has 0 radical (unpaired) electrons. The monoisotopic (exact) mass is 343 g/mol. The van der Waals surface area contributed by atoms with Crippen LogP contribution in [0.4, 0.5) is 0 Å². The summed E-state index contributed by atoms with van der Waals surface area (Å²) in [5.74, 6) is 0. The van der Waals surface area contributed by atoms with Gasteiger partial charge in [0.2, 0.25) is 0 Å². The zero-order valence-corrected chi connectivity index (χ0v) is 14.3. The first-order chi connectivity index (χ1) is 9.72. The number of halogens is 3. The van der Waals surface area contributed by atoms with Gasteiger partial charge in [0.25, 0.3) is 0 Å². The number of rotatable bonds is 6. The van der Waals surface area contributed by atoms with Gasteiger partial charge in [0, 0.05) is 28.2 Å². The van der Waals surface area contributed by atoms with Crippen molar-refractivity contribution in [2.45, 2.75) is 32.4 Å². The molecule has 0 saturated heterocycles. The molecule has 2 rings (SSSR count). The van der Waals surface area contributed by atoms with E-state index in [1.165, 1.54) is 5.56 Å². The molecule has 0 aromatic heterocycles. The highest BCUT2D eigenvalue weighted by Crippen LogP contribution is 2.26. The third-order valence-electron chi connectivity index (χ3n) is 3.37. The van der Waals surface area contributed by atoms with Crippen LogP contribution in [0.5, 0.6) is 0 Å². The number of hydrogen-bond donors (Lipinski definition) is 1. The van der Waals surface area contributed by atoms with Crippen molar-refractivity contribution < 1.29 is 0 Å². The van der Waals surface area contributed by atoms with Gasteiger partial charge in [0.05, 0.1) is 0 Å². The number of nitrogens with one attached hydrogen (secondary N) is 1. The quantitative estimate of drug-likeness (QED) is 0.673. The lowest BCUT2D eigenvalue weighted by Gasteiger charge is -2.19. The smallest absolute Gasteiger partial charge is 0.0465 e. The van der Waals surface area contributed by atoms with Crippen LogP contribution in [0.3, 0.4) is 0 Å². The van der Waals surface area contributed by atoms with Crippen molar-refractivity contribution in [1.29, 1.82) is 0 Å². The van der Waals surface area contributed by atoms with E-state index >= 15 is 0 Å². The van der Waals surface area contributed by atoms with Gasteiger partial charge >= 0.3 is 0 Å². The highest BCUT2D eigenvalue weighted by Gasteiger charge is 2.12. The van der Waals surface area contributed by atoms with Crippen LogP contribution in [0.25, 0.3) is 0 Å². The predicted molar refractivity (Wildman–Crippen MR) is 94.6 cm³/mol. The lowest BCUT2D eigenvalue weighted by Crippen LogP contribution is -2.21. The predicted octanol–water partition coefficient (Wildman–Crippen LogP) is 6.05. The van der Waals surface area contributed by atoms with E-state index in [1.807, 2.05) is 24.3 Å². The van der Waals surface area contributed by atoms with E-state index in [2.05, 4.69) is 36.5 Å². The van der Waals surface area contributed by atoms with Crippen molar-refractivity contribution in [3.8, 4) is 0 Å². The van der Waals surface area contributed by atoms with Gasteiger partial charge in [0.15, 0.2) is 0 Å². The fraction of sp³-hybridized carbons (Fsp3) is 0.294. The standard InChI is InChI=1S/C17H19Cl2N.ClH/c1-2-7-17(13-8-4-3-5-9-13)20-12-14-15(18)10-6-11-16(14)19;/h3-6,8-11,17,20H,2,7,12H2,1H3;1H. The first-order valence-electron chi connectivity index (χ1n) is 6.93. The molecule has 2 aromatic rings. The van der Waals surface area contributed by atoms with Crippen molar-refractivity contribution in [3.05, 3.63) is 69.7 Å². The average Bonchev–Trinajstić information content (AvgIpc) is 2.46. The maximum absolute atomic E-state index is 6.21.